The zero-order valence-corrected chi connectivity index (χ0v) is 12.3. The van der Waals surface area contributed by atoms with E-state index in [1.165, 1.54) is 18.6 Å². The molecule has 1 aromatic rings. The van der Waals surface area contributed by atoms with Gasteiger partial charge in [0.05, 0.1) is 5.56 Å². The lowest BCUT2D eigenvalue weighted by Crippen LogP contribution is -2.32. The molecule has 1 aromatic carbocycles. The number of hydrogen-bond donors (Lipinski definition) is 0. The second-order valence-electron chi connectivity index (χ2n) is 6.34. The summed E-state index contributed by atoms with van der Waals surface area (Å²) >= 11 is 0. The van der Waals surface area contributed by atoms with E-state index in [0.29, 0.717) is 11.5 Å². The Balaban J connectivity index is 1.78. The molecule has 0 aromatic heterocycles. The molecule has 0 aliphatic heterocycles. The minimum Gasteiger partial charge on any atom is -0.294 e. The Morgan fingerprint density at radius 2 is 1.68 bits per heavy atom. The van der Waals surface area contributed by atoms with Gasteiger partial charge in [0.1, 0.15) is 0 Å². The van der Waals surface area contributed by atoms with E-state index in [1.54, 1.807) is 6.08 Å². The molecule has 2 fully saturated rings. The molecule has 3 rings (SSSR count). The van der Waals surface area contributed by atoms with E-state index in [9.17, 15) is 18.0 Å². The van der Waals surface area contributed by atoms with Gasteiger partial charge in [-0.25, -0.2) is 0 Å². The molecule has 118 valence electrons. The normalized spacial score (nSPS) is 27.8. The summed E-state index contributed by atoms with van der Waals surface area (Å²) < 4.78 is 37.7. The van der Waals surface area contributed by atoms with Crippen LogP contribution >= 0.6 is 0 Å². The minimum atomic E-state index is -4.32. The fourth-order valence-electron chi connectivity index (χ4n) is 3.71. The molecule has 0 spiro atoms. The fraction of sp³-hybridized carbons (Fsp3) is 0.500. The van der Waals surface area contributed by atoms with Gasteiger partial charge in [0.2, 0.25) is 0 Å². The van der Waals surface area contributed by atoms with Crippen LogP contribution in [0, 0.1) is 11.8 Å². The van der Waals surface area contributed by atoms with Crippen LogP contribution in [0.4, 0.5) is 13.2 Å². The molecule has 4 heteroatoms. The molecule has 0 radical (unpaired) electrons. The average Bonchev–Trinajstić information content (AvgIpc) is 2.50. The third kappa shape index (κ3) is 3.11. The quantitative estimate of drug-likeness (QED) is 0.647. The predicted molar refractivity (Wildman–Crippen MR) is 79.1 cm³/mol. The van der Waals surface area contributed by atoms with E-state index in [-0.39, 0.29) is 11.7 Å². The maximum Gasteiger partial charge on any atom is 0.416 e. The van der Waals surface area contributed by atoms with Crippen molar-refractivity contribution in [2.75, 3.05) is 0 Å². The highest BCUT2D eigenvalue weighted by atomic mass is 19.4. The number of halogens is 3. The first-order chi connectivity index (χ1) is 10.4. The van der Waals surface area contributed by atoms with Gasteiger partial charge in [0.15, 0.2) is 5.78 Å². The summed E-state index contributed by atoms with van der Waals surface area (Å²) in [5, 5.41) is 0. The molecule has 2 atom stereocenters. The van der Waals surface area contributed by atoms with Crippen molar-refractivity contribution in [2.24, 2.45) is 11.8 Å². The molecule has 0 heterocycles. The molecule has 2 aliphatic carbocycles. The van der Waals surface area contributed by atoms with Crippen molar-refractivity contribution in [2.45, 2.75) is 44.7 Å². The maximum atomic E-state index is 12.6. The summed E-state index contributed by atoms with van der Waals surface area (Å²) in [5.41, 5.74) is 0.797. The summed E-state index contributed by atoms with van der Waals surface area (Å²) in [5.74, 6) is 0.880. The number of carbonyl (C=O) groups is 1. The zero-order chi connectivity index (χ0) is 15.7. The van der Waals surface area contributed by atoms with E-state index < -0.39 is 11.7 Å². The number of allylic oxidation sites excluding steroid dienone is 1. The van der Waals surface area contributed by atoms with Gasteiger partial charge in [-0.1, -0.05) is 25.0 Å². The minimum absolute atomic E-state index is 0.142. The van der Waals surface area contributed by atoms with Gasteiger partial charge < -0.3 is 0 Å². The summed E-state index contributed by atoms with van der Waals surface area (Å²) in [4.78, 5) is 12.5. The second kappa shape index (κ2) is 5.90. The third-order valence-corrected chi connectivity index (χ3v) is 4.93. The SMILES string of the molecule is O=C1/C(=C/c2ccc(C(F)(F)F)cc2)CC[C@H]2CCCC[C@H]12. The molecule has 2 aliphatic rings. The van der Waals surface area contributed by atoms with Crippen molar-refractivity contribution < 1.29 is 18.0 Å². The fourth-order valence-corrected chi connectivity index (χ4v) is 3.71. The largest absolute Gasteiger partial charge is 0.416 e. The smallest absolute Gasteiger partial charge is 0.294 e. The number of fused-ring (bicyclic) bond motifs is 1. The molecule has 0 N–H and O–H groups in total. The van der Waals surface area contributed by atoms with Crippen LogP contribution in [-0.4, -0.2) is 5.78 Å². The van der Waals surface area contributed by atoms with Crippen molar-refractivity contribution in [1.29, 1.82) is 0 Å². The summed E-state index contributed by atoms with van der Waals surface area (Å²) in [6.07, 6.45) is 3.67. The van der Waals surface area contributed by atoms with Gasteiger partial charge in [-0.05, 0) is 60.9 Å². The van der Waals surface area contributed by atoms with Gasteiger partial charge in [-0.3, -0.25) is 4.79 Å². The molecule has 1 nitrogen and oxygen atoms in total. The van der Waals surface area contributed by atoms with Gasteiger partial charge in [0.25, 0.3) is 0 Å². The monoisotopic (exact) mass is 308 g/mol. The first-order valence-corrected chi connectivity index (χ1v) is 7.87. The van der Waals surface area contributed by atoms with Crippen LogP contribution in [0.25, 0.3) is 6.08 Å². The maximum absolute atomic E-state index is 12.6. The third-order valence-electron chi connectivity index (χ3n) is 4.93. The number of rotatable bonds is 1. The Kier molecular flexibility index (Phi) is 4.11. The molecule has 2 saturated carbocycles. The predicted octanol–water partition coefficient (Wildman–Crippen LogP) is 5.26. The highest BCUT2D eigenvalue weighted by Crippen LogP contribution is 2.41. The van der Waals surface area contributed by atoms with E-state index in [4.69, 9.17) is 0 Å². The number of ketones is 1. The highest BCUT2D eigenvalue weighted by Gasteiger charge is 2.36. The lowest BCUT2D eigenvalue weighted by Gasteiger charge is -2.35. The topological polar surface area (TPSA) is 17.1 Å². The van der Waals surface area contributed by atoms with E-state index in [0.717, 1.165) is 49.8 Å². The van der Waals surface area contributed by atoms with Crippen molar-refractivity contribution in [1.82, 2.24) is 0 Å². The Labute approximate surface area is 128 Å². The number of carbonyl (C=O) groups excluding carboxylic acids is 1. The van der Waals surface area contributed by atoms with Crippen LogP contribution in [-0.2, 0) is 11.0 Å². The summed E-state index contributed by atoms with van der Waals surface area (Å²) in [6, 6.07) is 5.03. The van der Waals surface area contributed by atoms with Crippen molar-refractivity contribution in [3.63, 3.8) is 0 Å². The zero-order valence-electron chi connectivity index (χ0n) is 12.3. The van der Waals surface area contributed by atoms with E-state index in [2.05, 4.69) is 0 Å². The average molecular weight is 308 g/mol. The van der Waals surface area contributed by atoms with Crippen molar-refractivity contribution in [3.8, 4) is 0 Å². The van der Waals surface area contributed by atoms with E-state index >= 15 is 0 Å². The van der Waals surface area contributed by atoms with Gasteiger partial charge in [-0.2, -0.15) is 13.2 Å². The van der Waals surface area contributed by atoms with Crippen LogP contribution in [0.5, 0.6) is 0 Å². The number of benzene rings is 1. The van der Waals surface area contributed by atoms with Crippen LogP contribution in [0.1, 0.15) is 49.7 Å². The Morgan fingerprint density at radius 1 is 1.00 bits per heavy atom. The first-order valence-electron chi connectivity index (χ1n) is 7.87. The van der Waals surface area contributed by atoms with Crippen LogP contribution in [0.15, 0.2) is 29.8 Å². The van der Waals surface area contributed by atoms with Gasteiger partial charge in [0, 0.05) is 5.92 Å². The van der Waals surface area contributed by atoms with Crippen LogP contribution in [0.3, 0.4) is 0 Å². The Hall–Kier alpha value is -1.58. The number of hydrogen-bond acceptors (Lipinski definition) is 1. The number of alkyl halides is 3. The van der Waals surface area contributed by atoms with Crippen molar-refractivity contribution in [3.05, 3.63) is 41.0 Å². The molecule has 0 amide bonds. The first kappa shape index (κ1) is 15.3. The standard InChI is InChI=1S/C18H19F3O/c19-18(20,21)15-9-5-12(6-10-15)11-14-8-7-13-3-1-2-4-16(13)17(14)22/h5-6,9-11,13,16H,1-4,7-8H2/b14-11+/t13-,16+/m1/s1. The van der Waals surface area contributed by atoms with Crippen LogP contribution in [0.2, 0.25) is 0 Å². The Morgan fingerprint density at radius 3 is 2.36 bits per heavy atom. The lowest BCUT2D eigenvalue weighted by molar-refractivity contribution is -0.137. The molecular formula is C18H19F3O. The summed E-state index contributed by atoms with van der Waals surface area (Å²) in [7, 11) is 0. The van der Waals surface area contributed by atoms with E-state index in [1.807, 2.05) is 0 Å². The second-order valence-corrected chi connectivity index (χ2v) is 6.34. The molecule has 22 heavy (non-hydrogen) atoms. The molecular weight excluding hydrogens is 289 g/mol. The molecule has 0 bridgehead atoms. The highest BCUT2D eigenvalue weighted by molar-refractivity contribution is 6.02. The molecule has 0 unspecified atom stereocenters. The van der Waals surface area contributed by atoms with Gasteiger partial charge in [-0.15, -0.1) is 0 Å². The van der Waals surface area contributed by atoms with Gasteiger partial charge >= 0.3 is 6.18 Å². The van der Waals surface area contributed by atoms with Crippen molar-refractivity contribution >= 4 is 11.9 Å². The Bertz CT molecular complexity index is 583. The summed E-state index contributed by atoms with van der Waals surface area (Å²) in [6.45, 7) is 0. The molecule has 0 saturated heterocycles. The number of Topliss-reactive ketones (excluding diaryl/α,β-unsaturated/α-hetero) is 1. The lowest BCUT2D eigenvalue weighted by atomic mass is 9.68. The van der Waals surface area contributed by atoms with Crippen LogP contribution < -0.4 is 0 Å².